The molecular formula is C19H20ClN3O3. The molecule has 0 aromatic heterocycles. The molecule has 2 aromatic rings. The number of nitrogens with one attached hydrogen (secondary N) is 2. The lowest BCUT2D eigenvalue weighted by atomic mass is 10.2. The summed E-state index contributed by atoms with van der Waals surface area (Å²) in [7, 11) is 0. The molecular weight excluding hydrogens is 354 g/mol. The van der Waals surface area contributed by atoms with E-state index < -0.39 is 0 Å². The predicted octanol–water partition coefficient (Wildman–Crippen LogP) is 3.68. The number of anilines is 3. The first-order chi connectivity index (χ1) is 12.3. The fourth-order valence-corrected chi connectivity index (χ4v) is 2.53. The summed E-state index contributed by atoms with van der Waals surface area (Å²) >= 11 is 5.86. The number of carbonyl (C=O) groups is 3. The van der Waals surface area contributed by atoms with Gasteiger partial charge in [0.2, 0.25) is 17.7 Å². The molecule has 0 spiro atoms. The van der Waals surface area contributed by atoms with Crippen molar-refractivity contribution in [2.45, 2.75) is 20.3 Å². The van der Waals surface area contributed by atoms with Crippen molar-refractivity contribution in [3.05, 3.63) is 53.6 Å². The Bertz CT molecular complexity index is 806. The number of carbonyl (C=O) groups excluding carboxylic acids is 3. The quantitative estimate of drug-likeness (QED) is 0.810. The van der Waals surface area contributed by atoms with Crippen LogP contribution in [0.4, 0.5) is 17.1 Å². The molecule has 0 bridgehead atoms. The van der Waals surface area contributed by atoms with Gasteiger partial charge < -0.3 is 15.5 Å². The molecule has 0 radical (unpaired) electrons. The van der Waals surface area contributed by atoms with Gasteiger partial charge in [0, 0.05) is 48.9 Å². The average Bonchev–Trinajstić information content (AvgIpc) is 2.56. The van der Waals surface area contributed by atoms with Crippen LogP contribution in [-0.4, -0.2) is 24.3 Å². The van der Waals surface area contributed by atoms with E-state index in [2.05, 4.69) is 10.6 Å². The monoisotopic (exact) mass is 373 g/mol. The van der Waals surface area contributed by atoms with Gasteiger partial charge in [0.05, 0.1) is 0 Å². The third-order valence-corrected chi connectivity index (χ3v) is 3.80. The van der Waals surface area contributed by atoms with Crippen LogP contribution < -0.4 is 15.5 Å². The lowest BCUT2D eigenvalue weighted by Crippen LogP contribution is -2.31. The van der Waals surface area contributed by atoms with Gasteiger partial charge in [0.1, 0.15) is 0 Å². The fourth-order valence-electron chi connectivity index (χ4n) is 2.40. The Balaban J connectivity index is 1.97. The van der Waals surface area contributed by atoms with Crippen LogP contribution in [0.1, 0.15) is 20.3 Å². The zero-order valence-corrected chi connectivity index (χ0v) is 15.3. The van der Waals surface area contributed by atoms with E-state index >= 15 is 0 Å². The van der Waals surface area contributed by atoms with E-state index in [1.165, 1.54) is 18.7 Å². The Kier molecular flexibility index (Phi) is 6.74. The standard InChI is InChI=1S/C19H20ClN3O3/c1-13(24)21-16-4-3-5-17(12-16)22-19(26)10-11-23(14(2)25)18-8-6-15(20)7-9-18/h3-9,12H,10-11H2,1-2H3,(H,21,24)(H,22,26). The van der Waals surface area contributed by atoms with Gasteiger partial charge in [-0.3, -0.25) is 14.4 Å². The van der Waals surface area contributed by atoms with Gasteiger partial charge in [-0.1, -0.05) is 17.7 Å². The predicted molar refractivity (Wildman–Crippen MR) is 103 cm³/mol. The van der Waals surface area contributed by atoms with Crippen LogP contribution in [0, 0.1) is 0 Å². The molecule has 26 heavy (non-hydrogen) atoms. The smallest absolute Gasteiger partial charge is 0.226 e. The highest BCUT2D eigenvalue weighted by Crippen LogP contribution is 2.19. The van der Waals surface area contributed by atoms with Gasteiger partial charge in [0.25, 0.3) is 0 Å². The number of hydrogen-bond acceptors (Lipinski definition) is 3. The SMILES string of the molecule is CC(=O)Nc1cccc(NC(=O)CCN(C(C)=O)c2ccc(Cl)cc2)c1. The molecule has 3 amide bonds. The second kappa shape index (κ2) is 9.01. The molecule has 136 valence electrons. The van der Waals surface area contributed by atoms with Crippen molar-refractivity contribution in [3.8, 4) is 0 Å². The number of benzene rings is 2. The highest BCUT2D eigenvalue weighted by molar-refractivity contribution is 6.30. The van der Waals surface area contributed by atoms with Crippen LogP contribution in [0.5, 0.6) is 0 Å². The number of amides is 3. The van der Waals surface area contributed by atoms with Gasteiger partial charge in [-0.2, -0.15) is 0 Å². The van der Waals surface area contributed by atoms with E-state index in [9.17, 15) is 14.4 Å². The van der Waals surface area contributed by atoms with Gasteiger partial charge >= 0.3 is 0 Å². The summed E-state index contributed by atoms with van der Waals surface area (Å²) in [5, 5.41) is 5.99. The number of halogens is 1. The number of nitrogens with zero attached hydrogens (tertiary/aromatic N) is 1. The Labute approximate surface area is 157 Å². The molecule has 2 N–H and O–H groups in total. The van der Waals surface area contributed by atoms with Crippen LogP contribution in [0.15, 0.2) is 48.5 Å². The molecule has 0 aliphatic rings. The molecule has 2 rings (SSSR count). The molecule has 0 heterocycles. The molecule has 0 saturated heterocycles. The maximum absolute atomic E-state index is 12.2. The molecule has 0 aliphatic heterocycles. The second-order valence-electron chi connectivity index (χ2n) is 5.71. The van der Waals surface area contributed by atoms with E-state index in [1.54, 1.807) is 48.5 Å². The molecule has 0 aliphatic carbocycles. The van der Waals surface area contributed by atoms with Crippen molar-refractivity contribution in [2.75, 3.05) is 22.1 Å². The van der Waals surface area contributed by atoms with E-state index in [-0.39, 0.29) is 30.7 Å². The topological polar surface area (TPSA) is 78.5 Å². The maximum atomic E-state index is 12.2. The summed E-state index contributed by atoms with van der Waals surface area (Å²) in [4.78, 5) is 36.7. The summed E-state index contributed by atoms with van der Waals surface area (Å²) in [5.74, 6) is -0.577. The number of rotatable bonds is 6. The summed E-state index contributed by atoms with van der Waals surface area (Å²) in [6, 6.07) is 13.7. The Morgan fingerprint density at radius 1 is 0.962 bits per heavy atom. The van der Waals surface area contributed by atoms with Crippen molar-refractivity contribution in [2.24, 2.45) is 0 Å². The largest absolute Gasteiger partial charge is 0.326 e. The minimum atomic E-state index is -0.231. The third kappa shape index (κ3) is 5.89. The summed E-state index contributed by atoms with van der Waals surface area (Å²) in [5.41, 5.74) is 1.85. The Morgan fingerprint density at radius 2 is 1.58 bits per heavy atom. The van der Waals surface area contributed by atoms with Crippen LogP contribution in [0.25, 0.3) is 0 Å². The third-order valence-electron chi connectivity index (χ3n) is 3.55. The summed E-state index contributed by atoms with van der Waals surface area (Å²) in [6.07, 6.45) is 0.132. The zero-order valence-electron chi connectivity index (χ0n) is 14.6. The summed E-state index contributed by atoms with van der Waals surface area (Å²) < 4.78 is 0. The fraction of sp³-hybridized carbons (Fsp3) is 0.211. The van der Waals surface area contributed by atoms with Crippen molar-refractivity contribution < 1.29 is 14.4 Å². The van der Waals surface area contributed by atoms with E-state index in [4.69, 9.17) is 11.6 Å². The van der Waals surface area contributed by atoms with E-state index in [0.717, 1.165) is 0 Å². The molecule has 0 saturated carbocycles. The lowest BCUT2D eigenvalue weighted by Gasteiger charge is -2.21. The first-order valence-corrected chi connectivity index (χ1v) is 8.44. The first kappa shape index (κ1) is 19.5. The molecule has 6 nitrogen and oxygen atoms in total. The Morgan fingerprint density at radius 3 is 2.15 bits per heavy atom. The maximum Gasteiger partial charge on any atom is 0.226 e. The molecule has 0 atom stereocenters. The van der Waals surface area contributed by atoms with Crippen molar-refractivity contribution in [1.82, 2.24) is 0 Å². The summed E-state index contributed by atoms with van der Waals surface area (Å²) in [6.45, 7) is 3.11. The lowest BCUT2D eigenvalue weighted by molar-refractivity contribution is -0.117. The van der Waals surface area contributed by atoms with Crippen LogP contribution in [0.3, 0.4) is 0 Å². The zero-order chi connectivity index (χ0) is 19.1. The van der Waals surface area contributed by atoms with Crippen molar-refractivity contribution >= 4 is 46.4 Å². The van der Waals surface area contributed by atoms with Crippen LogP contribution in [-0.2, 0) is 14.4 Å². The van der Waals surface area contributed by atoms with Gasteiger partial charge in [0.15, 0.2) is 0 Å². The highest BCUT2D eigenvalue weighted by atomic mass is 35.5. The van der Waals surface area contributed by atoms with E-state index in [0.29, 0.717) is 22.1 Å². The van der Waals surface area contributed by atoms with Crippen molar-refractivity contribution in [3.63, 3.8) is 0 Å². The minimum absolute atomic E-state index is 0.132. The number of hydrogen-bond donors (Lipinski definition) is 2. The van der Waals surface area contributed by atoms with Crippen LogP contribution >= 0.6 is 11.6 Å². The molecule has 2 aromatic carbocycles. The van der Waals surface area contributed by atoms with E-state index in [1.807, 2.05) is 0 Å². The van der Waals surface area contributed by atoms with Gasteiger partial charge in [-0.05, 0) is 42.5 Å². The molecule has 0 fully saturated rings. The van der Waals surface area contributed by atoms with Gasteiger partial charge in [-0.15, -0.1) is 0 Å². The average molecular weight is 374 g/mol. The second-order valence-corrected chi connectivity index (χ2v) is 6.14. The molecule has 0 unspecified atom stereocenters. The Hall–Kier alpha value is -2.86. The van der Waals surface area contributed by atoms with Crippen molar-refractivity contribution in [1.29, 1.82) is 0 Å². The van der Waals surface area contributed by atoms with Gasteiger partial charge in [-0.25, -0.2) is 0 Å². The molecule has 7 heteroatoms. The highest BCUT2D eigenvalue weighted by Gasteiger charge is 2.13. The first-order valence-electron chi connectivity index (χ1n) is 8.06. The van der Waals surface area contributed by atoms with Crippen LogP contribution in [0.2, 0.25) is 5.02 Å². The minimum Gasteiger partial charge on any atom is -0.326 e. The normalized spacial score (nSPS) is 10.1.